The zero-order chi connectivity index (χ0) is 28.2. The number of halogens is 1. The molecular weight excluding hydrogens is 528 g/mol. The molecule has 38 heavy (non-hydrogen) atoms. The fraction of sp³-hybridized carbons (Fsp3) is 0.286. The lowest BCUT2D eigenvalue weighted by atomic mass is 9.95. The van der Waals surface area contributed by atoms with E-state index in [4.69, 9.17) is 16.3 Å². The third kappa shape index (κ3) is 6.53. The summed E-state index contributed by atoms with van der Waals surface area (Å²) in [5.74, 6) is -1.22. The molecule has 3 rings (SSSR count). The number of amides is 1. The van der Waals surface area contributed by atoms with E-state index in [0.717, 1.165) is 11.1 Å². The van der Waals surface area contributed by atoms with Crippen LogP contribution in [-0.2, 0) is 19.6 Å². The van der Waals surface area contributed by atoms with Crippen molar-refractivity contribution >= 4 is 39.2 Å². The van der Waals surface area contributed by atoms with Gasteiger partial charge in [-0.15, -0.1) is 0 Å². The number of aryl methyl sites for hydroxylation is 4. The summed E-state index contributed by atoms with van der Waals surface area (Å²) in [7, 11) is -3.86. The minimum Gasteiger partial charge on any atom is -0.464 e. The molecule has 0 aliphatic heterocycles. The Morgan fingerprint density at radius 2 is 1.61 bits per heavy atom. The lowest BCUT2D eigenvalue weighted by Gasteiger charge is -2.18. The number of nitrogens with one attached hydrogen (secondary N) is 2. The van der Waals surface area contributed by atoms with Crippen molar-refractivity contribution in [3.8, 4) is 11.1 Å². The van der Waals surface area contributed by atoms with Gasteiger partial charge in [0.1, 0.15) is 0 Å². The number of aliphatic hydroxyl groups is 1. The minimum atomic E-state index is -3.86. The molecule has 0 radical (unpaired) electrons. The third-order valence-corrected chi connectivity index (χ3v) is 7.94. The molecule has 1 atom stereocenters. The largest absolute Gasteiger partial charge is 0.464 e. The van der Waals surface area contributed by atoms with Crippen LogP contribution in [0.5, 0.6) is 0 Å². The maximum absolute atomic E-state index is 13.1. The van der Waals surface area contributed by atoms with E-state index < -0.39 is 34.5 Å². The summed E-state index contributed by atoms with van der Waals surface area (Å²) in [6.07, 6.45) is 0. The summed E-state index contributed by atoms with van der Waals surface area (Å²) >= 11 is 6.13. The molecule has 8 nitrogen and oxygen atoms in total. The van der Waals surface area contributed by atoms with Gasteiger partial charge in [-0.25, -0.2) is 13.2 Å². The number of hydrogen-bond acceptors (Lipinski definition) is 6. The topological polar surface area (TPSA) is 122 Å². The molecule has 0 heterocycles. The molecule has 10 heteroatoms. The van der Waals surface area contributed by atoms with Gasteiger partial charge in [-0.05, 0) is 92.3 Å². The van der Waals surface area contributed by atoms with Crippen LogP contribution in [-0.4, -0.2) is 44.7 Å². The molecule has 1 amide bonds. The fourth-order valence-electron chi connectivity index (χ4n) is 4.16. The van der Waals surface area contributed by atoms with Crippen LogP contribution in [0.15, 0.2) is 53.4 Å². The molecule has 0 spiro atoms. The molecule has 0 fully saturated rings. The van der Waals surface area contributed by atoms with Crippen molar-refractivity contribution in [3.63, 3.8) is 0 Å². The summed E-state index contributed by atoms with van der Waals surface area (Å²) in [5.41, 5.74) is 4.78. The molecule has 0 saturated heterocycles. The van der Waals surface area contributed by atoms with E-state index in [0.29, 0.717) is 38.5 Å². The molecular formula is C28H31ClN2O6S. The molecule has 3 aromatic rings. The molecule has 3 N–H and O–H groups in total. The van der Waals surface area contributed by atoms with Gasteiger partial charge in [0.15, 0.2) is 6.04 Å². The summed E-state index contributed by atoms with van der Waals surface area (Å²) in [5, 5.41) is 12.5. The highest BCUT2D eigenvalue weighted by Crippen LogP contribution is 2.30. The van der Waals surface area contributed by atoms with Crippen molar-refractivity contribution in [2.45, 2.75) is 45.6 Å². The van der Waals surface area contributed by atoms with E-state index in [1.165, 1.54) is 0 Å². The van der Waals surface area contributed by atoms with Crippen LogP contribution in [0.25, 0.3) is 11.1 Å². The molecule has 0 aliphatic carbocycles. The predicted molar refractivity (Wildman–Crippen MR) is 148 cm³/mol. The maximum atomic E-state index is 13.1. The molecule has 202 valence electrons. The number of rotatable bonds is 9. The van der Waals surface area contributed by atoms with Crippen molar-refractivity contribution in [2.75, 3.05) is 17.9 Å². The molecule has 0 unspecified atom stereocenters. The van der Waals surface area contributed by atoms with Crippen molar-refractivity contribution in [2.24, 2.45) is 0 Å². The number of esters is 1. The van der Waals surface area contributed by atoms with E-state index in [9.17, 15) is 23.1 Å². The first kappa shape index (κ1) is 29.2. The van der Waals surface area contributed by atoms with Gasteiger partial charge in [-0.3, -0.25) is 9.52 Å². The molecule has 3 aromatic carbocycles. The van der Waals surface area contributed by atoms with Crippen LogP contribution < -0.4 is 10.0 Å². The van der Waals surface area contributed by atoms with Crippen molar-refractivity contribution in [1.29, 1.82) is 0 Å². The Bertz CT molecular complexity index is 1460. The highest BCUT2D eigenvalue weighted by molar-refractivity contribution is 7.92. The molecule has 0 aliphatic rings. The Hall–Kier alpha value is -3.40. The van der Waals surface area contributed by atoms with Crippen LogP contribution in [0.1, 0.15) is 39.5 Å². The van der Waals surface area contributed by atoms with E-state index in [1.807, 2.05) is 6.07 Å². The summed E-state index contributed by atoms with van der Waals surface area (Å²) in [4.78, 5) is 25.0. The number of carbonyl (C=O) groups excluding carboxylic acids is 2. The van der Waals surface area contributed by atoms with Crippen LogP contribution in [0.3, 0.4) is 0 Å². The Morgan fingerprint density at radius 1 is 0.947 bits per heavy atom. The van der Waals surface area contributed by atoms with E-state index in [-0.39, 0.29) is 11.5 Å². The van der Waals surface area contributed by atoms with E-state index in [2.05, 4.69) is 10.0 Å². The number of anilines is 1. The van der Waals surface area contributed by atoms with E-state index >= 15 is 0 Å². The fourth-order valence-corrected chi connectivity index (χ4v) is 5.74. The smallest absolute Gasteiger partial charge is 0.331 e. The second kappa shape index (κ2) is 12.0. The highest BCUT2D eigenvalue weighted by Gasteiger charge is 2.24. The SMILES string of the molecule is CCOC(=O)[C@H](CO)NC(=O)c1c(C)cc(-c2cccc(NS(=O)(=O)c3cc(C)c(Cl)cc3C)c2)cc1C. The van der Waals surface area contributed by atoms with Crippen LogP contribution >= 0.6 is 11.6 Å². The second-order valence-corrected chi connectivity index (χ2v) is 11.1. The monoisotopic (exact) mass is 558 g/mol. The number of aliphatic hydroxyl groups excluding tert-OH is 1. The van der Waals surface area contributed by atoms with Gasteiger partial charge in [0.2, 0.25) is 0 Å². The lowest BCUT2D eigenvalue weighted by Crippen LogP contribution is -2.44. The predicted octanol–water partition coefficient (Wildman–Crippen LogP) is 4.70. The Kier molecular flexibility index (Phi) is 9.19. The molecule has 0 saturated carbocycles. The van der Waals surface area contributed by atoms with Crippen LogP contribution in [0.4, 0.5) is 5.69 Å². The van der Waals surface area contributed by atoms with Gasteiger partial charge in [0, 0.05) is 16.3 Å². The summed E-state index contributed by atoms with van der Waals surface area (Å²) in [6.45, 7) is 8.15. The zero-order valence-electron chi connectivity index (χ0n) is 21.9. The van der Waals surface area contributed by atoms with Gasteiger partial charge in [-0.2, -0.15) is 0 Å². The molecule has 0 bridgehead atoms. The maximum Gasteiger partial charge on any atom is 0.331 e. The lowest BCUT2D eigenvalue weighted by molar-refractivity contribution is -0.146. The second-order valence-electron chi connectivity index (χ2n) is 9.00. The van der Waals surface area contributed by atoms with Crippen molar-refractivity contribution in [3.05, 3.63) is 81.4 Å². The number of ether oxygens (including phenoxy) is 1. The highest BCUT2D eigenvalue weighted by atomic mass is 35.5. The number of sulfonamides is 1. The average Bonchev–Trinajstić information content (AvgIpc) is 2.84. The van der Waals surface area contributed by atoms with Gasteiger partial charge >= 0.3 is 5.97 Å². The normalized spacial score (nSPS) is 12.1. The third-order valence-electron chi connectivity index (χ3n) is 6.01. The first-order valence-electron chi connectivity index (χ1n) is 12.0. The Balaban J connectivity index is 1.89. The number of benzene rings is 3. The zero-order valence-corrected chi connectivity index (χ0v) is 23.5. The number of carbonyl (C=O) groups is 2. The molecule has 0 aromatic heterocycles. The minimum absolute atomic E-state index is 0.131. The van der Waals surface area contributed by atoms with Gasteiger partial charge in [0.05, 0.1) is 18.1 Å². The van der Waals surface area contributed by atoms with Gasteiger partial charge in [-0.1, -0.05) is 35.9 Å². The first-order valence-corrected chi connectivity index (χ1v) is 13.8. The van der Waals surface area contributed by atoms with Crippen LogP contribution in [0.2, 0.25) is 5.02 Å². The average molecular weight is 559 g/mol. The number of hydrogen-bond donors (Lipinski definition) is 3. The van der Waals surface area contributed by atoms with E-state index in [1.54, 1.807) is 77.1 Å². The quantitative estimate of drug-likeness (QED) is 0.327. The van der Waals surface area contributed by atoms with Crippen LogP contribution in [0, 0.1) is 27.7 Å². The first-order chi connectivity index (χ1) is 17.9. The Morgan fingerprint density at radius 3 is 2.21 bits per heavy atom. The van der Waals surface area contributed by atoms with Crippen molar-refractivity contribution < 1.29 is 27.9 Å². The van der Waals surface area contributed by atoms with Gasteiger partial charge < -0.3 is 15.2 Å². The summed E-state index contributed by atoms with van der Waals surface area (Å²) in [6, 6.07) is 12.6. The standard InChI is InChI=1S/C28H31ClN2O6S/c1-6-37-28(34)24(15-32)30-27(33)26-18(4)10-21(11-19(26)5)20-8-7-9-22(14-20)31-38(35,36)25-13-16(2)23(29)12-17(25)3/h7-14,24,31-32H,6,15H2,1-5H3,(H,30,33)/t24-/m0/s1. The van der Waals surface area contributed by atoms with Gasteiger partial charge in [0.25, 0.3) is 15.9 Å². The summed E-state index contributed by atoms with van der Waals surface area (Å²) < 4.78 is 33.8. The van der Waals surface area contributed by atoms with Crippen molar-refractivity contribution in [1.82, 2.24) is 5.32 Å². The Labute approximate surface area is 228 Å².